The summed E-state index contributed by atoms with van der Waals surface area (Å²) >= 11 is 0. The van der Waals surface area contributed by atoms with E-state index < -0.39 is 0 Å². The molecule has 0 unspecified atom stereocenters. The second-order valence-corrected chi connectivity index (χ2v) is 6.26. The van der Waals surface area contributed by atoms with Gasteiger partial charge in [0.25, 0.3) is 0 Å². The highest BCUT2D eigenvalue weighted by Crippen LogP contribution is 2.32. The number of hydrogen-bond acceptors (Lipinski definition) is 5. The van der Waals surface area contributed by atoms with E-state index in [1.165, 1.54) is 0 Å². The Hall–Kier alpha value is -3.48. The summed E-state index contributed by atoms with van der Waals surface area (Å²) in [6.45, 7) is 5.03. The van der Waals surface area contributed by atoms with Crippen LogP contribution >= 0.6 is 0 Å². The van der Waals surface area contributed by atoms with Gasteiger partial charge in [-0.1, -0.05) is 18.7 Å². The maximum atomic E-state index is 12.3. The van der Waals surface area contributed by atoms with Crippen molar-refractivity contribution < 1.29 is 14.3 Å². The van der Waals surface area contributed by atoms with Gasteiger partial charge in [0.1, 0.15) is 19.0 Å². The summed E-state index contributed by atoms with van der Waals surface area (Å²) in [7, 11) is 1.90. The lowest BCUT2D eigenvalue weighted by atomic mass is 10.1. The fraction of sp³-hybridized carbons (Fsp3) is 0.200. The molecule has 3 aromatic rings. The molecule has 0 radical (unpaired) electrons. The summed E-state index contributed by atoms with van der Waals surface area (Å²) in [5, 5.41) is 0. The average Bonchev–Trinajstić information content (AvgIpc) is 3.01. The topological polar surface area (TPSA) is 77.4 Å². The first-order chi connectivity index (χ1) is 13.1. The van der Waals surface area contributed by atoms with E-state index in [9.17, 15) is 4.79 Å². The monoisotopic (exact) mass is 364 g/mol. The molecule has 4 rings (SSSR count). The number of nitrogens with zero attached hydrogens (tertiary/aromatic N) is 2. The molecule has 27 heavy (non-hydrogen) atoms. The number of nitrogens with one attached hydrogen (secondary N) is 2. The zero-order valence-electron chi connectivity index (χ0n) is 15.0. The van der Waals surface area contributed by atoms with Crippen molar-refractivity contribution in [3.8, 4) is 11.5 Å². The first-order valence-corrected chi connectivity index (χ1v) is 8.66. The third-order valence-corrected chi connectivity index (χ3v) is 4.44. The lowest BCUT2D eigenvalue weighted by molar-refractivity contribution is -0.121. The number of aromatic nitrogens is 2. The molecule has 0 saturated heterocycles. The highest BCUT2D eigenvalue weighted by molar-refractivity contribution is 5.81. The minimum atomic E-state index is -0.202. The predicted molar refractivity (Wildman–Crippen MR) is 102 cm³/mol. The van der Waals surface area contributed by atoms with Gasteiger partial charge in [-0.3, -0.25) is 15.6 Å². The van der Waals surface area contributed by atoms with Crippen LogP contribution in [0.5, 0.6) is 11.5 Å². The minimum Gasteiger partial charge on any atom is -0.486 e. The number of amides is 1. The van der Waals surface area contributed by atoms with Gasteiger partial charge >= 0.3 is 0 Å². The molecule has 7 nitrogen and oxygen atoms in total. The number of hydrazine groups is 1. The quantitative estimate of drug-likeness (QED) is 0.679. The Morgan fingerprint density at radius 2 is 1.93 bits per heavy atom. The number of carbonyl (C=O) groups is 1. The van der Waals surface area contributed by atoms with E-state index in [1.54, 1.807) is 0 Å². The molecule has 138 valence electrons. The van der Waals surface area contributed by atoms with Gasteiger partial charge in [-0.25, -0.2) is 4.98 Å². The van der Waals surface area contributed by atoms with Gasteiger partial charge in [0.05, 0.1) is 23.2 Å². The van der Waals surface area contributed by atoms with E-state index >= 15 is 0 Å². The maximum absolute atomic E-state index is 12.3. The molecule has 1 aliphatic heterocycles. The van der Waals surface area contributed by atoms with Crippen molar-refractivity contribution in [3.05, 3.63) is 60.4 Å². The Kier molecular flexibility index (Phi) is 4.42. The molecule has 2 aromatic carbocycles. The van der Waals surface area contributed by atoms with Gasteiger partial charge in [0.15, 0.2) is 11.5 Å². The summed E-state index contributed by atoms with van der Waals surface area (Å²) in [6.07, 6.45) is 0.159. The molecule has 7 heteroatoms. The summed E-state index contributed by atoms with van der Waals surface area (Å²) in [5.74, 6) is 1.88. The summed E-state index contributed by atoms with van der Waals surface area (Å²) in [5.41, 5.74) is 8.75. The van der Waals surface area contributed by atoms with Crippen LogP contribution in [0.2, 0.25) is 0 Å². The van der Waals surface area contributed by atoms with Crippen molar-refractivity contribution in [2.75, 3.05) is 13.2 Å². The number of imidazole rings is 1. The van der Waals surface area contributed by atoms with Gasteiger partial charge in [0, 0.05) is 12.6 Å². The zero-order valence-corrected chi connectivity index (χ0v) is 15.0. The van der Waals surface area contributed by atoms with Crippen LogP contribution in [-0.2, 0) is 18.3 Å². The second kappa shape index (κ2) is 7.03. The molecule has 0 spiro atoms. The molecular weight excluding hydrogens is 344 g/mol. The zero-order chi connectivity index (χ0) is 18.8. The fourth-order valence-electron chi connectivity index (χ4n) is 2.99. The first kappa shape index (κ1) is 17.0. The SMILES string of the molecule is C=C(NNC(=O)Cc1nc2ccccc2n1C)c1ccc2c(c1)OCCO2. The normalized spacial score (nSPS) is 12.6. The van der Waals surface area contributed by atoms with Crippen LogP contribution in [0.3, 0.4) is 0 Å². The van der Waals surface area contributed by atoms with E-state index in [-0.39, 0.29) is 12.3 Å². The number of ether oxygens (including phenoxy) is 2. The Morgan fingerprint density at radius 3 is 2.74 bits per heavy atom. The number of para-hydroxylation sites is 2. The van der Waals surface area contributed by atoms with Crippen molar-refractivity contribution >= 4 is 22.6 Å². The predicted octanol–water partition coefficient (Wildman–Crippen LogP) is 2.18. The highest BCUT2D eigenvalue weighted by atomic mass is 16.6. The third-order valence-electron chi connectivity index (χ3n) is 4.44. The minimum absolute atomic E-state index is 0.159. The van der Waals surface area contributed by atoms with E-state index in [0.717, 1.165) is 16.6 Å². The van der Waals surface area contributed by atoms with Crippen LogP contribution in [0, 0.1) is 0 Å². The van der Waals surface area contributed by atoms with E-state index in [2.05, 4.69) is 22.4 Å². The number of benzene rings is 2. The number of rotatable bonds is 5. The fourth-order valence-corrected chi connectivity index (χ4v) is 2.99. The Labute approximate surface area is 156 Å². The van der Waals surface area contributed by atoms with Crippen molar-refractivity contribution in [2.45, 2.75) is 6.42 Å². The lowest BCUT2D eigenvalue weighted by Gasteiger charge is -2.19. The van der Waals surface area contributed by atoms with Crippen molar-refractivity contribution in [3.63, 3.8) is 0 Å². The van der Waals surface area contributed by atoms with Crippen molar-refractivity contribution in [2.24, 2.45) is 7.05 Å². The third kappa shape index (κ3) is 3.44. The summed E-state index contributed by atoms with van der Waals surface area (Å²) in [4.78, 5) is 16.8. The molecule has 1 aliphatic rings. The Morgan fingerprint density at radius 1 is 1.15 bits per heavy atom. The molecule has 0 fully saturated rings. The van der Waals surface area contributed by atoms with Gasteiger partial charge in [0.2, 0.25) is 5.91 Å². The smallest absolute Gasteiger partial charge is 0.245 e. The standard InChI is InChI=1S/C20H20N4O3/c1-13(14-7-8-17-18(11-14)27-10-9-26-17)22-23-20(25)12-19-21-15-5-3-4-6-16(15)24(19)2/h3-8,11,22H,1,9-10,12H2,2H3,(H,23,25). The van der Waals surface area contributed by atoms with Gasteiger partial charge in [-0.15, -0.1) is 0 Å². The Bertz CT molecular complexity index is 1030. The lowest BCUT2D eigenvalue weighted by Crippen LogP contribution is -2.37. The molecule has 0 atom stereocenters. The molecular formula is C20H20N4O3. The molecule has 0 saturated carbocycles. The molecule has 2 N–H and O–H groups in total. The van der Waals surface area contributed by atoms with Crippen LogP contribution in [0.25, 0.3) is 16.7 Å². The van der Waals surface area contributed by atoms with Crippen LogP contribution in [0.1, 0.15) is 11.4 Å². The molecule has 1 amide bonds. The van der Waals surface area contributed by atoms with Gasteiger partial charge in [-0.2, -0.15) is 0 Å². The van der Waals surface area contributed by atoms with Crippen molar-refractivity contribution in [1.29, 1.82) is 0 Å². The number of carbonyl (C=O) groups excluding carboxylic acids is 1. The Balaban J connectivity index is 1.38. The largest absolute Gasteiger partial charge is 0.486 e. The number of fused-ring (bicyclic) bond motifs is 2. The van der Waals surface area contributed by atoms with Crippen LogP contribution in [0.15, 0.2) is 49.0 Å². The van der Waals surface area contributed by atoms with Gasteiger partial charge < -0.3 is 14.0 Å². The number of aryl methyl sites for hydroxylation is 1. The molecule has 0 aliphatic carbocycles. The van der Waals surface area contributed by atoms with Crippen molar-refractivity contribution in [1.82, 2.24) is 20.4 Å². The number of hydrogen-bond donors (Lipinski definition) is 2. The van der Waals surface area contributed by atoms with Crippen LogP contribution < -0.4 is 20.3 Å². The van der Waals surface area contributed by atoms with Crippen LogP contribution in [-0.4, -0.2) is 28.7 Å². The van der Waals surface area contributed by atoms with E-state index in [1.807, 2.05) is 54.1 Å². The molecule has 2 heterocycles. The second-order valence-electron chi connectivity index (χ2n) is 6.26. The maximum Gasteiger partial charge on any atom is 0.245 e. The first-order valence-electron chi connectivity index (χ1n) is 8.66. The average molecular weight is 364 g/mol. The van der Waals surface area contributed by atoms with E-state index in [0.29, 0.717) is 36.2 Å². The molecule has 1 aromatic heterocycles. The van der Waals surface area contributed by atoms with Crippen LogP contribution in [0.4, 0.5) is 0 Å². The van der Waals surface area contributed by atoms with Gasteiger partial charge in [-0.05, 0) is 30.3 Å². The van der Waals surface area contributed by atoms with E-state index in [4.69, 9.17) is 9.47 Å². The molecule has 0 bridgehead atoms. The summed E-state index contributed by atoms with van der Waals surface area (Å²) in [6, 6.07) is 13.3. The highest BCUT2D eigenvalue weighted by Gasteiger charge is 2.14. The summed E-state index contributed by atoms with van der Waals surface area (Å²) < 4.78 is 13.0.